The molecule has 0 radical (unpaired) electrons. The van der Waals surface area contributed by atoms with Crippen LogP contribution in [0.2, 0.25) is 0 Å². The first-order valence-corrected chi connectivity index (χ1v) is 11.0. The predicted octanol–water partition coefficient (Wildman–Crippen LogP) is 4.21. The molecule has 7 nitrogen and oxygen atoms in total. The van der Waals surface area contributed by atoms with E-state index in [1.807, 2.05) is 11.8 Å². The lowest BCUT2D eigenvalue weighted by atomic mass is 9.68. The second-order valence-electron chi connectivity index (χ2n) is 9.63. The molecule has 1 N–H and O–H groups in total. The molecule has 0 aromatic heterocycles. The first-order chi connectivity index (χ1) is 14.7. The lowest BCUT2D eigenvalue weighted by Crippen LogP contribution is -2.43. The van der Waals surface area contributed by atoms with E-state index in [9.17, 15) is 19.7 Å². The van der Waals surface area contributed by atoms with Crippen molar-refractivity contribution in [1.82, 2.24) is 10.2 Å². The second-order valence-corrected chi connectivity index (χ2v) is 9.63. The summed E-state index contributed by atoms with van der Waals surface area (Å²) in [6.45, 7) is 7.39. The lowest BCUT2D eigenvalue weighted by Gasteiger charge is -2.41. The number of nitro groups is 1. The van der Waals surface area contributed by atoms with Gasteiger partial charge in [0.05, 0.1) is 4.92 Å². The maximum Gasteiger partial charge on any atom is 0.269 e. The van der Waals surface area contributed by atoms with Gasteiger partial charge in [-0.2, -0.15) is 0 Å². The summed E-state index contributed by atoms with van der Waals surface area (Å²) < 4.78 is 0. The van der Waals surface area contributed by atoms with E-state index in [1.165, 1.54) is 12.1 Å². The quantitative estimate of drug-likeness (QED) is 0.581. The van der Waals surface area contributed by atoms with Gasteiger partial charge in [0, 0.05) is 60.1 Å². The van der Waals surface area contributed by atoms with Crippen LogP contribution in [0.25, 0.3) is 0 Å². The Balaban J connectivity index is 1.86. The molecular weight excluding hydrogens is 394 g/mol. The fourth-order valence-corrected chi connectivity index (χ4v) is 5.14. The number of hydrogen-bond acceptors (Lipinski definition) is 5. The summed E-state index contributed by atoms with van der Waals surface area (Å²) in [5.41, 5.74) is 3.10. The molecule has 1 fully saturated rings. The van der Waals surface area contributed by atoms with E-state index in [0.29, 0.717) is 42.6 Å². The molecule has 1 atom stereocenters. The van der Waals surface area contributed by atoms with Crippen molar-refractivity contribution < 1.29 is 14.5 Å². The van der Waals surface area contributed by atoms with Crippen molar-refractivity contribution in [2.75, 3.05) is 13.1 Å². The normalized spacial score (nSPS) is 23.4. The van der Waals surface area contributed by atoms with E-state index in [1.54, 1.807) is 12.1 Å². The largest absolute Gasteiger partial charge is 0.362 e. The molecule has 3 aliphatic rings. The maximum atomic E-state index is 13.6. The number of ketones is 1. The minimum absolute atomic E-state index is 0.00620. The van der Waals surface area contributed by atoms with Crippen molar-refractivity contribution in [3.8, 4) is 0 Å². The standard InChI is InChI=1S/C24H29N3O4/c1-15-20(23(29)26-10-5-4-6-11-26)21(16-8-7-9-17(12-16)27(30)31)22-18(25-15)13-24(2,3)14-19(22)28/h7-9,12,21,25H,4-6,10-11,13-14H2,1-3H3. The van der Waals surface area contributed by atoms with Crippen LogP contribution in [-0.4, -0.2) is 34.6 Å². The number of hydrogen-bond donors (Lipinski definition) is 1. The van der Waals surface area contributed by atoms with E-state index >= 15 is 0 Å². The molecule has 1 aromatic rings. The summed E-state index contributed by atoms with van der Waals surface area (Å²) in [7, 11) is 0. The van der Waals surface area contributed by atoms with Crippen LogP contribution in [0.4, 0.5) is 5.69 Å². The van der Waals surface area contributed by atoms with Crippen LogP contribution in [0, 0.1) is 15.5 Å². The monoisotopic (exact) mass is 423 g/mol. The summed E-state index contributed by atoms with van der Waals surface area (Å²) >= 11 is 0. The number of non-ortho nitro benzene ring substituents is 1. The van der Waals surface area contributed by atoms with Crippen LogP contribution in [0.5, 0.6) is 0 Å². The Morgan fingerprint density at radius 3 is 2.58 bits per heavy atom. The molecule has 1 aliphatic carbocycles. The van der Waals surface area contributed by atoms with Crippen LogP contribution < -0.4 is 5.32 Å². The number of Topliss-reactive ketones (excluding diaryl/α,β-unsaturated/α-hetero) is 1. The van der Waals surface area contributed by atoms with Crippen LogP contribution in [0.1, 0.15) is 64.4 Å². The fourth-order valence-electron chi connectivity index (χ4n) is 5.14. The van der Waals surface area contributed by atoms with E-state index in [-0.39, 0.29) is 22.8 Å². The highest BCUT2D eigenvalue weighted by Gasteiger charge is 2.43. The first-order valence-electron chi connectivity index (χ1n) is 11.0. The van der Waals surface area contributed by atoms with E-state index in [0.717, 1.165) is 30.7 Å². The topological polar surface area (TPSA) is 92.6 Å². The summed E-state index contributed by atoms with van der Waals surface area (Å²) in [6.07, 6.45) is 4.13. The highest BCUT2D eigenvalue weighted by molar-refractivity contribution is 6.05. The third-order valence-electron chi connectivity index (χ3n) is 6.53. The van der Waals surface area contributed by atoms with Gasteiger partial charge < -0.3 is 10.2 Å². The lowest BCUT2D eigenvalue weighted by molar-refractivity contribution is -0.384. The highest BCUT2D eigenvalue weighted by Crippen LogP contribution is 2.47. The Bertz CT molecular complexity index is 1020. The number of nitrogens with one attached hydrogen (secondary N) is 1. The van der Waals surface area contributed by atoms with Gasteiger partial charge in [0.15, 0.2) is 5.78 Å². The zero-order valence-electron chi connectivity index (χ0n) is 18.4. The van der Waals surface area contributed by atoms with Crippen molar-refractivity contribution in [3.05, 3.63) is 62.5 Å². The first kappa shape index (κ1) is 21.3. The number of rotatable bonds is 3. The molecule has 2 heterocycles. The minimum Gasteiger partial charge on any atom is -0.362 e. The van der Waals surface area contributed by atoms with Crippen molar-refractivity contribution in [1.29, 1.82) is 0 Å². The smallest absolute Gasteiger partial charge is 0.269 e. The van der Waals surface area contributed by atoms with Crippen molar-refractivity contribution >= 4 is 17.4 Å². The van der Waals surface area contributed by atoms with Gasteiger partial charge in [0.2, 0.25) is 0 Å². The van der Waals surface area contributed by atoms with Gasteiger partial charge in [-0.15, -0.1) is 0 Å². The molecular formula is C24H29N3O4. The third-order valence-corrected chi connectivity index (χ3v) is 6.53. The molecule has 7 heteroatoms. The molecule has 0 saturated carbocycles. The average molecular weight is 424 g/mol. The Kier molecular flexibility index (Phi) is 5.45. The second kappa shape index (κ2) is 7.94. The number of likely N-dealkylation sites (tertiary alicyclic amines) is 1. The van der Waals surface area contributed by atoms with Crippen molar-refractivity contribution in [2.24, 2.45) is 5.41 Å². The number of piperidine rings is 1. The van der Waals surface area contributed by atoms with Gasteiger partial charge in [0.1, 0.15) is 0 Å². The molecule has 1 amide bonds. The van der Waals surface area contributed by atoms with Gasteiger partial charge in [-0.3, -0.25) is 19.7 Å². The zero-order chi connectivity index (χ0) is 22.3. The number of allylic oxidation sites excluding steroid dienone is 3. The molecule has 164 valence electrons. The number of dihydropyridines is 1. The molecule has 1 saturated heterocycles. The molecule has 0 spiro atoms. The van der Waals surface area contributed by atoms with Gasteiger partial charge in [-0.05, 0) is 43.6 Å². The number of nitrogens with zero attached hydrogens (tertiary/aromatic N) is 2. The number of carbonyl (C=O) groups excluding carboxylic acids is 2. The number of carbonyl (C=O) groups is 2. The Hall–Kier alpha value is -2.96. The Morgan fingerprint density at radius 1 is 1.19 bits per heavy atom. The summed E-state index contributed by atoms with van der Waals surface area (Å²) in [6, 6.07) is 6.36. The molecule has 1 unspecified atom stereocenters. The van der Waals surface area contributed by atoms with Gasteiger partial charge >= 0.3 is 0 Å². The zero-order valence-corrected chi connectivity index (χ0v) is 18.4. The van der Waals surface area contributed by atoms with Crippen molar-refractivity contribution in [3.63, 3.8) is 0 Å². The predicted molar refractivity (Wildman–Crippen MR) is 117 cm³/mol. The van der Waals surface area contributed by atoms with Crippen LogP contribution >= 0.6 is 0 Å². The van der Waals surface area contributed by atoms with Gasteiger partial charge in [0.25, 0.3) is 11.6 Å². The van der Waals surface area contributed by atoms with Crippen LogP contribution in [0.3, 0.4) is 0 Å². The summed E-state index contributed by atoms with van der Waals surface area (Å²) in [5.74, 6) is -0.661. The Labute approximate surface area is 182 Å². The maximum absolute atomic E-state index is 13.6. The van der Waals surface area contributed by atoms with E-state index < -0.39 is 10.8 Å². The van der Waals surface area contributed by atoms with Gasteiger partial charge in [-0.1, -0.05) is 26.0 Å². The number of amides is 1. The van der Waals surface area contributed by atoms with E-state index in [2.05, 4.69) is 19.2 Å². The number of benzene rings is 1. The molecule has 1 aromatic carbocycles. The van der Waals surface area contributed by atoms with Gasteiger partial charge in [-0.25, -0.2) is 0 Å². The summed E-state index contributed by atoms with van der Waals surface area (Å²) in [4.78, 5) is 39.8. The molecule has 2 aliphatic heterocycles. The minimum atomic E-state index is -0.589. The fraction of sp³-hybridized carbons (Fsp3) is 0.500. The molecule has 0 bridgehead atoms. The molecule has 4 rings (SSSR count). The number of nitro benzene ring substituents is 1. The van der Waals surface area contributed by atoms with Crippen molar-refractivity contribution in [2.45, 2.75) is 58.8 Å². The SMILES string of the molecule is CC1=C(C(=O)N2CCCCC2)C(c2cccc([N+](=O)[O-])c2)C2=C(CC(C)(C)CC2=O)N1. The highest BCUT2D eigenvalue weighted by atomic mass is 16.6. The third kappa shape index (κ3) is 4.01. The van der Waals surface area contributed by atoms with E-state index in [4.69, 9.17) is 0 Å². The van der Waals surface area contributed by atoms with Crippen LogP contribution in [0.15, 0.2) is 46.8 Å². The average Bonchev–Trinajstić information content (AvgIpc) is 2.72. The molecule has 31 heavy (non-hydrogen) atoms. The Morgan fingerprint density at radius 2 is 1.90 bits per heavy atom. The van der Waals surface area contributed by atoms with Crippen LogP contribution in [-0.2, 0) is 9.59 Å². The summed E-state index contributed by atoms with van der Waals surface area (Å²) in [5, 5.41) is 14.8.